The number of guanidine groups is 1. The average Bonchev–Trinajstić information content (AvgIpc) is 2.77. The molecule has 0 saturated heterocycles. The molecule has 1 unspecified atom stereocenters. The Balaban J connectivity index is 1.79. The first kappa shape index (κ1) is 22.5. The van der Waals surface area contributed by atoms with Gasteiger partial charge >= 0.3 is 0 Å². The van der Waals surface area contributed by atoms with Crippen molar-refractivity contribution in [3.05, 3.63) is 53.7 Å². The maximum absolute atomic E-state index is 5.68. The second kappa shape index (κ2) is 12.6. The van der Waals surface area contributed by atoms with Crippen molar-refractivity contribution in [3.8, 4) is 11.6 Å². The van der Waals surface area contributed by atoms with Crippen molar-refractivity contribution in [1.82, 2.24) is 15.6 Å². The molecule has 0 fully saturated rings. The second-order valence-electron chi connectivity index (χ2n) is 6.62. The van der Waals surface area contributed by atoms with Gasteiger partial charge < -0.3 is 24.8 Å². The number of aliphatic imine (C=N–C) groups is 1. The number of nitrogens with zero attached hydrogens (tertiary/aromatic N) is 2. The van der Waals surface area contributed by atoms with Gasteiger partial charge in [-0.1, -0.05) is 25.1 Å². The lowest BCUT2D eigenvalue weighted by atomic mass is 9.98. The van der Waals surface area contributed by atoms with Crippen molar-refractivity contribution >= 4 is 5.96 Å². The van der Waals surface area contributed by atoms with Crippen LogP contribution in [0.4, 0.5) is 0 Å². The first-order valence-corrected chi connectivity index (χ1v) is 9.82. The van der Waals surface area contributed by atoms with Crippen LogP contribution in [-0.4, -0.2) is 52.0 Å². The van der Waals surface area contributed by atoms with Crippen LogP contribution in [0.5, 0.6) is 11.6 Å². The lowest BCUT2D eigenvalue weighted by Crippen LogP contribution is -2.37. The number of benzene rings is 1. The fourth-order valence-electron chi connectivity index (χ4n) is 2.82. The Kier molecular flexibility index (Phi) is 9.78. The summed E-state index contributed by atoms with van der Waals surface area (Å²) in [6, 6.07) is 12.1. The summed E-state index contributed by atoms with van der Waals surface area (Å²) in [6.07, 6.45) is 2.71. The summed E-state index contributed by atoms with van der Waals surface area (Å²) in [4.78, 5) is 8.60. The molecule has 0 bridgehead atoms. The van der Waals surface area contributed by atoms with E-state index in [1.54, 1.807) is 27.5 Å². The van der Waals surface area contributed by atoms with Crippen molar-refractivity contribution in [1.29, 1.82) is 0 Å². The third-order valence-corrected chi connectivity index (χ3v) is 4.60. The van der Waals surface area contributed by atoms with Crippen molar-refractivity contribution in [2.45, 2.75) is 25.8 Å². The number of aromatic nitrogens is 1. The summed E-state index contributed by atoms with van der Waals surface area (Å²) in [5.41, 5.74) is 2.27. The van der Waals surface area contributed by atoms with E-state index in [-0.39, 0.29) is 0 Å². The van der Waals surface area contributed by atoms with E-state index < -0.39 is 0 Å². The zero-order valence-electron chi connectivity index (χ0n) is 17.8. The van der Waals surface area contributed by atoms with Gasteiger partial charge in [-0.25, -0.2) is 4.98 Å². The van der Waals surface area contributed by atoms with Gasteiger partial charge in [0, 0.05) is 39.0 Å². The number of pyridine rings is 1. The standard InChI is InChI=1S/C22H32N4O3/c1-17(18-7-9-20(28-4)10-8-18)11-13-25-22(23-2)26-16-19-6-5-12-24-21(19)29-15-14-27-3/h5-10,12,17H,11,13-16H2,1-4H3,(H2,23,25,26). The predicted molar refractivity (Wildman–Crippen MR) is 116 cm³/mol. The van der Waals surface area contributed by atoms with Crippen molar-refractivity contribution in [2.75, 3.05) is 41.0 Å². The second-order valence-corrected chi connectivity index (χ2v) is 6.62. The molecule has 2 rings (SSSR count). The van der Waals surface area contributed by atoms with E-state index in [0.717, 1.165) is 30.2 Å². The van der Waals surface area contributed by atoms with Crippen molar-refractivity contribution < 1.29 is 14.2 Å². The van der Waals surface area contributed by atoms with E-state index >= 15 is 0 Å². The Morgan fingerprint density at radius 3 is 2.59 bits per heavy atom. The van der Waals surface area contributed by atoms with Gasteiger partial charge in [-0.2, -0.15) is 0 Å². The van der Waals surface area contributed by atoms with Crippen LogP contribution in [-0.2, 0) is 11.3 Å². The topological polar surface area (TPSA) is 77.0 Å². The molecular formula is C22H32N4O3. The quantitative estimate of drug-likeness (QED) is 0.343. The zero-order chi connectivity index (χ0) is 20.9. The van der Waals surface area contributed by atoms with E-state index in [9.17, 15) is 0 Å². The van der Waals surface area contributed by atoms with Crippen molar-refractivity contribution in [2.24, 2.45) is 4.99 Å². The molecule has 2 N–H and O–H groups in total. The molecule has 29 heavy (non-hydrogen) atoms. The predicted octanol–water partition coefficient (Wildman–Crippen LogP) is 2.97. The Morgan fingerprint density at radius 1 is 1.10 bits per heavy atom. The van der Waals surface area contributed by atoms with Gasteiger partial charge in [0.25, 0.3) is 0 Å². The summed E-state index contributed by atoms with van der Waals surface area (Å²) in [6.45, 7) is 4.61. The molecule has 0 aliphatic rings. The monoisotopic (exact) mass is 400 g/mol. The highest BCUT2D eigenvalue weighted by Gasteiger charge is 2.08. The number of nitrogens with one attached hydrogen (secondary N) is 2. The van der Waals surface area contributed by atoms with E-state index in [0.29, 0.717) is 31.6 Å². The molecule has 0 aliphatic carbocycles. The highest BCUT2D eigenvalue weighted by molar-refractivity contribution is 5.79. The fourth-order valence-corrected chi connectivity index (χ4v) is 2.82. The Morgan fingerprint density at radius 2 is 1.90 bits per heavy atom. The van der Waals surface area contributed by atoms with Gasteiger partial charge in [0.2, 0.25) is 5.88 Å². The number of methoxy groups -OCH3 is 2. The minimum atomic E-state index is 0.436. The lowest BCUT2D eigenvalue weighted by molar-refractivity contribution is 0.143. The third-order valence-electron chi connectivity index (χ3n) is 4.60. The molecule has 1 aromatic heterocycles. The van der Waals surface area contributed by atoms with Crippen LogP contribution < -0.4 is 20.1 Å². The smallest absolute Gasteiger partial charge is 0.218 e. The molecule has 2 aromatic rings. The van der Waals surface area contributed by atoms with Crippen molar-refractivity contribution in [3.63, 3.8) is 0 Å². The number of hydrogen-bond acceptors (Lipinski definition) is 5. The Labute approximate surface area is 173 Å². The first-order chi connectivity index (χ1) is 14.2. The van der Waals surface area contributed by atoms with E-state index in [2.05, 4.69) is 39.7 Å². The van der Waals surface area contributed by atoms with Crippen LogP contribution >= 0.6 is 0 Å². The molecule has 0 spiro atoms. The number of rotatable bonds is 11. The van der Waals surface area contributed by atoms with E-state index in [1.807, 2.05) is 24.3 Å². The SMILES string of the molecule is CN=C(NCCC(C)c1ccc(OC)cc1)NCc1cccnc1OCCOC. The van der Waals surface area contributed by atoms with E-state index in [1.165, 1.54) is 5.56 Å². The van der Waals surface area contributed by atoms with Crippen LogP contribution in [0.25, 0.3) is 0 Å². The van der Waals surface area contributed by atoms with Gasteiger partial charge in [0.1, 0.15) is 12.4 Å². The molecular weight excluding hydrogens is 368 g/mol. The van der Waals surface area contributed by atoms with Crippen LogP contribution in [0.1, 0.15) is 30.4 Å². The lowest BCUT2D eigenvalue weighted by Gasteiger charge is -2.16. The number of hydrogen-bond donors (Lipinski definition) is 2. The maximum atomic E-state index is 5.68. The Bertz CT molecular complexity index is 750. The summed E-state index contributed by atoms with van der Waals surface area (Å²) in [5, 5.41) is 6.68. The highest BCUT2D eigenvalue weighted by atomic mass is 16.5. The van der Waals surface area contributed by atoms with Gasteiger partial charge in [0.05, 0.1) is 13.7 Å². The van der Waals surface area contributed by atoms with Crippen LogP contribution in [0, 0.1) is 0 Å². The molecule has 158 valence electrons. The summed E-state index contributed by atoms with van der Waals surface area (Å²) >= 11 is 0. The molecule has 1 aromatic carbocycles. The van der Waals surface area contributed by atoms with Gasteiger partial charge in [-0.15, -0.1) is 0 Å². The van der Waals surface area contributed by atoms with Gasteiger partial charge in [-0.05, 0) is 36.1 Å². The zero-order valence-corrected chi connectivity index (χ0v) is 17.8. The van der Waals surface area contributed by atoms with Crippen LogP contribution in [0.15, 0.2) is 47.6 Å². The first-order valence-electron chi connectivity index (χ1n) is 9.82. The third kappa shape index (κ3) is 7.62. The molecule has 0 aliphatic heterocycles. The van der Waals surface area contributed by atoms with Gasteiger partial charge in [-0.3, -0.25) is 4.99 Å². The molecule has 1 atom stereocenters. The number of ether oxygens (including phenoxy) is 3. The molecule has 0 amide bonds. The van der Waals surface area contributed by atoms with Gasteiger partial charge in [0.15, 0.2) is 5.96 Å². The average molecular weight is 401 g/mol. The van der Waals surface area contributed by atoms with Crippen LogP contribution in [0.3, 0.4) is 0 Å². The largest absolute Gasteiger partial charge is 0.497 e. The molecule has 0 saturated carbocycles. The molecule has 1 heterocycles. The maximum Gasteiger partial charge on any atom is 0.218 e. The summed E-state index contributed by atoms with van der Waals surface area (Å²) in [5.74, 6) is 2.68. The Hall–Kier alpha value is -2.80. The minimum Gasteiger partial charge on any atom is -0.497 e. The molecule has 7 heteroatoms. The summed E-state index contributed by atoms with van der Waals surface area (Å²) < 4.78 is 15.9. The normalized spacial score (nSPS) is 12.3. The fraction of sp³-hybridized carbons (Fsp3) is 0.455. The molecule has 7 nitrogen and oxygen atoms in total. The summed E-state index contributed by atoms with van der Waals surface area (Å²) in [7, 11) is 5.10. The minimum absolute atomic E-state index is 0.436. The van der Waals surface area contributed by atoms with E-state index in [4.69, 9.17) is 14.2 Å². The molecule has 0 radical (unpaired) electrons. The van der Waals surface area contributed by atoms with Crippen LogP contribution in [0.2, 0.25) is 0 Å². The highest BCUT2D eigenvalue weighted by Crippen LogP contribution is 2.21.